The van der Waals surface area contributed by atoms with Crippen LogP contribution in [0.5, 0.6) is 0 Å². The lowest BCUT2D eigenvalue weighted by Crippen LogP contribution is -2.22. The molecule has 2 aromatic carbocycles. The van der Waals surface area contributed by atoms with Gasteiger partial charge in [-0.15, -0.1) is 0 Å². The number of unbranched alkanes of at least 4 members (excludes halogenated alkanes) is 7. The average molecular weight is 379 g/mol. The van der Waals surface area contributed by atoms with E-state index < -0.39 is 0 Å². The summed E-state index contributed by atoms with van der Waals surface area (Å²) in [6.45, 7) is 2.97. The van der Waals surface area contributed by atoms with Crippen LogP contribution in [0.15, 0.2) is 60.7 Å². The van der Waals surface area contributed by atoms with Gasteiger partial charge in [0.2, 0.25) is 5.91 Å². The maximum absolute atomic E-state index is 12.5. The van der Waals surface area contributed by atoms with Gasteiger partial charge >= 0.3 is 0 Å². The summed E-state index contributed by atoms with van der Waals surface area (Å²) >= 11 is 0. The average Bonchev–Trinajstić information content (AvgIpc) is 2.71. The Morgan fingerprint density at radius 1 is 0.857 bits per heavy atom. The summed E-state index contributed by atoms with van der Waals surface area (Å²) in [4.78, 5) is 12.5. The highest BCUT2D eigenvalue weighted by molar-refractivity contribution is 5.99. The van der Waals surface area contributed by atoms with Crippen LogP contribution in [0.2, 0.25) is 0 Å². The second kappa shape index (κ2) is 12.8. The number of nitrogen functional groups attached to an aromatic ring is 1. The van der Waals surface area contributed by atoms with Gasteiger partial charge in [-0.1, -0.05) is 94.3 Å². The van der Waals surface area contributed by atoms with Crippen LogP contribution in [-0.2, 0) is 4.79 Å². The molecule has 0 spiro atoms. The number of anilines is 1. The van der Waals surface area contributed by atoms with E-state index in [-0.39, 0.29) is 5.91 Å². The number of nitrogens with one attached hydrogen (secondary N) is 1. The molecule has 0 aromatic heterocycles. The second-order valence-electron chi connectivity index (χ2n) is 7.32. The lowest BCUT2D eigenvalue weighted by molar-refractivity contribution is -0.116. The van der Waals surface area contributed by atoms with E-state index in [4.69, 9.17) is 5.73 Å². The van der Waals surface area contributed by atoms with Crippen LogP contribution in [-0.4, -0.2) is 12.5 Å². The van der Waals surface area contributed by atoms with Crippen LogP contribution in [0.1, 0.15) is 69.4 Å². The van der Waals surface area contributed by atoms with Crippen molar-refractivity contribution in [3.8, 4) is 0 Å². The molecule has 0 aliphatic carbocycles. The normalized spacial score (nSPS) is 11.4. The monoisotopic (exact) mass is 378 g/mol. The zero-order valence-corrected chi connectivity index (χ0v) is 17.1. The van der Waals surface area contributed by atoms with E-state index in [9.17, 15) is 4.79 Å². The van der Waals surface area contributed by atoms with Gasteiger partial charge in [0.15, 0.2) is 0 Å². The molecule has 0 heterocycles. The SMILES string of the molecule is CCCCCCCCCCNC(=O)/C=C(\c1ccccc1)c1cccc(N)c1. The fourth-order valence-corrected chi connectivity index (χ4v) is 3.31. The summed E-state index contributed by atoms with van der Waals surface area (Å²) in [6, 6.07) is 17.6. The van der Waals surface area contributed by atoms with E-state index in [1.807, 2.05) is 54.6 Å². The fourth-order valence-electron chi connectivity index (χ4n) is 3.31. The summed E-state index contributed by atoms with van der Waals surface area (Å²) < 4.78 is 0. The lowest BCUT2D eigenvalue weighted by atomic mass is 9.97. The van der Waals surface area contributed by atoms with Gasteiger partial charge in [-0.3, -0.25) is 4.79 Å². The Hall–Kier alpha value is -2.55. The van der Waals surface area contributed by atoms with Crippen molar-refractivity contribution in [2.75, 3.05) is 12.3 Å². The third-order valence-electron chi connectivity index (χ3n) is 4.89. The molecule has 0 bridgehead atoms. The van der Waals surface area contributed by atoms with Gasteiger partial charge in [-0.2, -0.15) is 0 Å². The first-order valence-corrected chi connectivity index (χ1v) is 10.6. The molecule has 0 unspecified atom stereocenters. The smallest absolute Gasteiger partial charge is 0.244 e. The number of amides is 1. The molecule has 0 aliphatic heterocycles. The second-order valence-corrected chi connectivity index (χ2v) is 7.32. The Labute approximate surface area is 170 Å². The molecular formula is C25H34N2O. The van der Waals surface area contributed by atoms with Gasteiger partial charge < -0.3 is 11.1 Å². The highest BCUT2D eigenvalue weighted by Gasteiger charge is 2.08. The van der Waals surface area contributed by atoms with E-state index in [1.165, 1.54) is 44.9 Å². The molecule has 28 heavy (non-hydrogen) atoms. The summed E-state index contributed by atoms with van der Waals surface area (Å²) in [6.07, 6.45) is 11.8. The minimum absolute atomic E-state index is 0.0516. The molecule has 3 N–H and O–H groups in total. The number of nitrogens with two attached hydrogens (primary N) is 1. The van der Waals surface area contributed by atoms with Crippen molar-refractivity contribution < 1.29 is 4.79 Å². The van der Waals surface area contributed by atoms with Crippen LogP contribution in [0.4, 0.5) is 5.69 Å². The summed E-state index contributed by atoms with van der Waals surface area (Å²) in [5.74, 6) is -0.0516. The highest BCUT2D eigenvalue weighted by atomic mass is 16.1. The minimum atomic E-state index is -0.0516. The maximum Gasteiger partial charge on any atom is 0.244 e. The largest absolute Gasteiger partial charge is 0.399 e. The fraction of sp³-hybridized carbons (Fsp3) is 0.400. The van der Waals surface area contributed by atoms with Crippen LogP contribution in [0.25, 0.3) is 5.57 Å². The lowest BCUT2D eigenvalue weighted by Gasteiger charge is -2.10. The number of carbonyl (C=O) groups is 1. The van der Waals surface area contributed by atoms with Gasteiger partial charge in [0.25, 0.3) is 0 Å². The van der Waals surface area contributed by atoms with Crippen LogP contribution >= 0.6 is 0 Å². The summed E-state index contributed by atoms with van der Waals surface area (Å²) in [5.41, 5.74) is 9.49. The molecule has 1 amide bonds. The first-order valence-electron chi connectivity index (χ1n) is 10.6. The van der Waals surface area contributed by atoms with Crippen molar-refractivity contribution in [3.63, 3.8) is 0 Å². The first-order chi connectivity index (χ1) is 13.7. The molecule has 0 fully saturated rings. The van der Waals surface area contributed by atoms with Gasteiger partial charge in [-0.05, 0) is 35.3 Å². The Morgan fingerprint density at radius 3 is 2.18 bits per heavy atom. The predicted molar refractivity (Wildman–Crippen MR) is 120 cm³/mol. The molecule has 2 aromatic rings. The first kappa shape index (κ1) is 21.7. The van der Waals surface area contributed by atoms with Crippen molar-refractivity contribution in [1.82, 2.24) is 5.32 Å². The standard InChI is InChI=1S/C25H34N2O/c1-2-3-4-5-6-7-8-12-18-27-25(28)20-24(21-14-10-9-11-15-21)22-16-13-17-23(26)19-22/h9-11,13-17,19-20H,2-8,12,18,26H2,1H3,(H,27,28)/b24-20+. The van der Waals surface area contributed by atoms with E-state index >= 15 is 0 Å². The molecular weight excluding hydrogens is 344 g/mol. The van der Waals surface area contributed by atoms with Gasteiger partial charge in [0, 0.05) is 18.3 Å². The molecule has 2 rings (SSSR count). The molecule has 3 heteroatoms. The quantitative estimate of drug-likeness (QED) is 0.272. The minimum Gasteiger partial charge on any atom is -0.399 e. The number of rotatable bonds is 12. The van der Waals surface area contributed by atoms with Crippen molar-refractivity contribution in [1.29, 1.82) is 0 Å². The van der Waals surface area contributed by atoms with Crippen molar-refractivity contribution in [3.05, 3.63) is 71.8 Å². The van der Waals surface area contributed by atoms with Gasteiger partial charge in [0.05, 0.1) is 0 Å². The van der Waals surface area contributed by atoms with Crippen molar-refractivity contribution in [2.45, 2.75) is 58.3 Å². The van der Waals surface area contributed by atoms with Crippen molar-refractivity contribution >= 4 is 17.2 Å². The molecule has 0 atom stereocenters. The summed E-state index contributed by atoms with van der Waals surface area (Å²) in [5, 5.41) is 3.03. The number of carbonyl (C=O) groups excluding carboxylic acids is 1. The Kier molecular flexibility index (Phi) is 9.92. The topological polar surface area (TPSA) is 55.1 Å². The highest BCUT2D eigenvalue weighted by Crippen LogP contribution is 2.24. The molecule has 150 valence electrons. The number of hydrogen-bond donors (Lipinski definition) is 2. The molecule has 0 saturated heterocycles. The van der Waals surface area contributed by atoms with Gasteiger partial charge in [0.1, 0.15) is 0 Å². The van der Waals surface area contributed by atoms with E-state index in [1.54, 1.807) is 6.08 Å². The molecule has 0 saturated carbocycles. The molecule has 0 radical (unpaired) electrons. The third kappa shape index (κ3) is 7.99. The van der Waals surface area contributed by atoms with E-state index in [2.05, 4.69) is 12.2 Å². The Morgan fingerprint density at radius 2 is 1.50 bits per heavy atom. The number of benzene rings is 2. The number of hydrogen-bond acceptors (Lipinski definition) is 2. The van der Waals surface area contributed by atoms with Gasteiger partial charge in [-0.25, -0.2) is 0 Å². The molecule has 3 nitrogen and oxygen atoms in total. The third-order valence-corrected chi connectivity index (χ3v) is 4.89. The molecule has 0 aliphatic rings. The van der Waals surface area contributed by atoms with Crippen molar-refractivity contribution in [2.24, 2.45) is 0 Å². The van der Waals surface area contributed by atoms with E-state index in [0.717, 1.165) is 29.7 Å². The zero-order chi connectivity index (χ0) is 20.0. The Bertz CT molecular complexity index is 737. The Balaban J connectivity index is 1.87. The predicted octanol–water partition coefficient (Wildman–Crippen LogP) is 5.96. The van der Waals surface area contributed by atoms with Crippen LogP contribution < -0.4 is 11.1 Å². The van der Waals surface area contributed by atoms with Crippen LogP contribution in [0, 0.1) is 0 Å². The summed E-state index contributed by atoms with van der Waals surface area (Å²) in [7, 11) is 0. The maximum atomic E-state index is 12.5. The van der Waals surface area contributed by atoms with Crippen LogP contribution in [0.3, 0.4) is 0 Å². The zero-order valence-electron chi connectivity index (χ0n) is 17.1. The van der Waals surface area contributed by atoms with E-state index in [0.29, 0.717) is 5.69 Å².